The van der Waals surface area contributed by atoms with Crippen LogP contribution in [0.5, 0.6) is 0 Å². The van der Waals surface area contributed by atoms with Crippen molar-refractivity contribution in [3.8, 4) is 0 Å². The lowest BCUT2D eigenvalue weighted by atomic mass is 10.1. The van der Waals surface area contributed by atoms with E-state index in [2.05, 4.69) is 17.1 Å². The lowest BCUT2D eigenvalue weighted by Gasteiger charge is -2.23. The first-order chi connectivity index (χ1) is 12.8. The van der Waals surface area contributed by atoms with Gasteiger partial charge < -0.3 is 15.1 Å². The Morgan fingerprint density at radius 1 is 1.19 bits per heavy atom. The van der Waals surface area contributed by atoms with Gasteiger partial charge in [0.15, 0.2) is 6.10 Å². The number of benzene rings is 2. The number of hydrogen-bond donors (Lipinski definition) is 1. The molecule has 0 spiro atoms. The molecule has 2 aromatic carbocycles. The van der Waals surface area contributed by atoms with E-state index in [-0.39, 0.29) is 12.1 Å². The van der Waals surface area contributed by atoms with Gasteiger partial charge in [0.2, 0.25) is 0 Å². The fraction of sp³-hybridized carbons (Fsp3) is 0.238. The second kappa shape index (κ2) is 8.85. The highest BCUT2D eigenvalue weighted by molar-refractivity contribution is 6.01. The van der Waals surface area contributed by atoms with Crippen molar-refractivity contribution < 1.29 is 9.63 Å². The molecule has 3 rings (SSSR count). The van der Waals surface area contributed by atoms with E-state index in [1.54, 1.807) is 11.0 Å². The fourth-order valence-corrected chi connectivity index (χ4v) is 2.85. The van der Waals surface area contributed by atoms with Gasteiger partial charge in [-0.25, -0.2) is 4.79 Å². The number of nitrogens with zero attached hydrogens (tertiary/aromatic N) is 2. The highest BCUT2D eigenvalue weighted by atomic mass is 16.6. The van der Waals surface area contributed by atoms with E-state index in [0.717, 1.165) is 16.8 Å². The molecule has 1 aliphatic rings. The number of carbonyl (C=O) groups excluding carboxylic acids is 1. The third kappa shape index (κ3) is 4.72. The second-order valence-corrected chi connectivity index (χ2v) is 6.17. The van der Waals surface area contributed by atoms with Crippen molar-refractivity contribution in [1.29, 1.82) is 0 Å². The van der Waals surface area contributed by atoms with Gasteiger partial charge in [0.25, 0.3) is 0 Å². The molecule has 2 aromatic rings. The van der Waals surface area contributed by atoms with Crippen molar-refractivity contribution in [2.75, 3.05) is 13.1 Å². The zero-order chi connectivity index (χ0) is 18.2. The summed E-state index contributed by atoms with van der Waals surface area (Å²) in [4.78, 5) is 19.8. The molecule has 0 aromatic heterocycles. The number of urea groups is 1. The van der Waals surface area contributed by atoms with Crippen LogP contribution < -0.4 is 5.32 Å². The molecule has 1 aliphatic heterocycles. The Hall–Kier alpha value is -3.08. The summed E-state index contributed by atoms with van der Waals surface area (Å²) in [6, 6.07) is 19.7. The van der Waals surface area contributed by atoms with Gasteiger partial charge in [-0.1, -0.05) is 71.9 Å². The van der Waals surface area contributed by atoms with E-state index in [1.165, 1.54) is 0 Å². The number of nitrogens with one attached hydrogen (secondary N) is 1. The molecule has 0 fully saturated rings. The van der Waals surface area contributed by atoms with Gasteiger partial charge >= 0.3 is 6.03 Å². The first-order valence-corrected chi connectivity index (χ1v) is 8.72. The van der Waals surface area contributed by atoms with Crippen molar-refractivity contribution in [2.24, 2.45) is 5.16 Å². The summed E-state index contributed by atoms with van der Waals surface area (Å²) >= 11 is 0. The third-order valence-corrected chi connectivity index (χ3v) is 4.19. The third-order valence-electron chi connectivity index (χ3n) is 4.19. The average molecular weight is 349 g/mol. The largest absolute Gasteiger partial charge is 0.390 e. The molecule has 1 atom stereocenters. The van der Waals surface area contributed by atoms with E-state index >= 15 is 0 Å². The zero-order valence-corrected chi connectivity index (χ0v) is 14.7. The Morgan fingerprint density at radius 3 is 2.58 bits per heavy atom. The van der Waals surface area contributed by atoms with Crippen molar-refractivity contribution in [2.45, 2.75) is 19.1 Å². The first-order valence-electron chi connectivity index (χ1n) is 8.72. The Bertz CT molecular complexity index is 759. The van der Waals surface area contributed by atoms with Crippen LogP contribution in [0.15, 0.2) is 78.5 Å². The van der Waals surface area contributed by atoms with Crippen LogP contribution in [-0.4, -0.2) is 35.8 Å². The van der Waals surface area contributed by atoms with Gasteiger partial charge in [0.1, 0.15) is 0 Å². The normalized spacial score (nSPS) is 15.7. The van der Waals surface area contributed by atoms with Crippen LogP contribution in [0.25, 0.3) is 0 Å². The molecule has 134 valence electrons. The predicted octanol–water partition coefficient (Wildman–Crippen LogP) is 3.58. The summed E-state index contributed by atoms with van der Waals surface area (Å²) in [5, 5.41) is 7.13. The van der Waals surface area contributed by atoms with Crippen LogP contribution in [0.2, 0.25) is 0 Å². The number of carbonyl (C=O) groups is 1. The van der Waals surface area contributed by atoms with Crippen molar-refractivity contribution >= 4 is 11.7 Å². The molecule has 0 aliphatic carbocycles. The number of rotatable bonds is 7. The van der Waals surface area contributed by atoms with Crippen LogP contribution in [0, 0.1) is 0 Å². The molecule has 0 saturated heterocycles. The van der Waals surface area contributed by atoms with Crippen LogP contribution in [0.4, 0.5) is 4.79 Å². The quantitative estimate of drug-likeness (QED) is 0.777. The summed E-state index contributed by atoms with van der Waals surface area (Å²) in [6.07, 6.45) is 2.26. The highest BCUT2D eigenvalue weighted by Crippen LogP contribution is 2.17. The lowest BCUT2D eigenvalue weighted by molar-refractivity contribution is 0.0628. The van der Waals surface area contributed by atoms with Crippen molar-refractivity contribution in [3.05, 3.63) is 84.4 Å². The Morgan fingerprint density at radius 2 is 1.88 bits per heavy atom. The molecule has 0 unspecified atom stereocenters. The number of hydrogen-bond acceptors (Lipinski definition) is 3. The molecule has 1 N–H and O–H groups in total. The maximum atomic E-state index is 12.5. The molecule has 1 heterocycles. The standard InChI is InChI=1S/C21H23N3O2/c1-2-13-24(21(25)22-15-17-9-5-3-6-10-17)16-19-14-20(23-26-19)18-11-7-4-8-12-18/h2-12,19H,1,13-16H2,(H,22,25)/t19-/m0/s1. The van der Waals surface area contributed by atoms with Gasteiger partial charge in [-0.3, -0.25) is 0 Å². The van der Waals surface area contributed by atoms with Crippen molar-refractivity contribution in [1.82, 2.24) is 10.2 Å². The van der Waals surface area contributed by atoms with Gasteiger partial charge in [-0.15, -0.1) is 6.58 Å². The van der Waals surface area contributed by atoms with Crippen molar-refractivity contribution in [3.63, 3.8) is 0 Å². The lowest BCUT2D eigenvalue weighted by Crippen LogP contribution is -2.43. The Balaban J connectivity index is 1.54. The summed E-state index contributed by atoms with van der Waals surface area (Å²) in [7, 11) is 0. The fourth-order valence-electron chi connectivity index (χ4n) is 2.85. The maximum Gasteiger partial charge on any atom is 0.318 e. The topological polar surface area (TPSA) is 53.9 Å². The zero-order valence-electron chi connectivity index (χ0n) is 14.7. The molecule has 2 amide bonds. The van der Waals surface area contributed by atoms with E-state index in [9.17, 15) is 4.79 Å². The van der Waals surface area contributed by atoms with Gasteiger partial charge in [0, 0.05) is 19.5 Å². The summed E-state index contributed by atoms with van der Waals surface area (Å²) in [5.74, 6) is 0. The molecule has 5 nitrogen and oxygen atoms in total. The summed E-state index contributed by atoms with van der Waals surface area (Å²) < 4.78 is 0. The van der Waals surface area contributed by atoms with E-state index in [0.29, 0.717) is 26.1 Å². The van der Waals surface area contributed by atoms with Gasteiger partial charge in [0.05, 0.1) is 12.3 Å². The van der Waals surface area contributed by atoms with E-state index < -0.39 is 0 Å². The molecule has 0 bridgehead atoms. The molecule has 0 radical (unpaired) electrons. The number of amides is 2. The highest BCUT2D eigenvalue weighted by Gasteiger charge is 2.26. The van der Waals surface area contributed by atoms with Crippen LogP contribution in [0.3, 0.4) is 0 Å². The summed E-state index contributed by atoms with van der Waals surface area (Å²) in [6.45, 7) is 5.16. The molecular weight excluding hydrogens is 326 g/mol. The smallest absolute Gasteiger partial charge is 0.318 e. The monoisotopic (exact) mass is 349 g/mol. The van der Waals surface area contributed by atoms with Gasteiger partial charge in [-0.2, -0.15) is 0 Å². The molecular formula is C21H23N3O2. The SMILES string of the molecule is C=CCN(C[C@@H]1CC(c2ccccc2)=NO1)C(=O)NCc1ccccc1. The summed E-state index contributed by atoms with van der Waals surface area (Å²) in [5.41, 5.74) is 3.03. The van der Waals surface area contributed by atoms with Crippen LogP contribution >= 0.6 is 0 Å². The second-order valence-electron chi connectivity index (χ2n) is 6.17. The van der Waals surface area contributed by atoms with Crippen LogP contribution in [-0.2, 0) is 11.4 Å². The molecule has 0 saturated carbocycles. The Labute approximate surface area is 154 Å². The van der Waals surface area contributed by atoms with E-state index in [1.807, 2.05) is 60.7 Å². The average Bonchev–Trinajstić information content (AvgIpc) is 3.16. The first kappa shape index (κ1) is 17.7. The predicted molar refractivity (Wildman–Crippen MR) is 103 cm³/mol. The van der Waals surface area contributed by atoms with E-state index in [4.69, 9.17) is 4.84 Å². The minimum absolute atomic E-state index is 0.134. The molecule has 5 heteroatoms. The van der Waals surface area contributed by atoms with Crippen LogP contribution in [0.1, 0.15) is 17.5 Å². The molecule has 26 heavy (non-hydrogen) atoms. The minimum Gasteiger partial charge on any atom is -0.390 e. The van der Waals surface area contributed by atoms with Gasteiger partial charge in [-0.05, 0) is 11.1 Å². The minimum atomic E-state index is -0.146. The number of oxime groups is 1. The maximum absolute atomic E-state index is 12.5. The Kier molecular flexibility index (Phi) is 6.04.